The van der Waals surface area contributed by atoms with E-state index < -0.39 is 0 Å². The molecule has 3 nitrogen and oxygen atoms in total. The monoisotopic (exact) mass is 303 g/mol. The van der Waals surface area contributed by atoms with Gasteiger partial charge in [0, 0.05) is 9.90 Å². The highest BCUT2D eigenvalue weighted by molar-refractivity contribution is 7.15. The standard InChI is InChI=1S/C15H14ClN3S/c1-9-3-5-11(7-12(9)16)19-8-13(17)15(18-19)14-6-4-10(2)20-14/h3-8H,17H2,1-2H3. The van der Waals surface area contributed by atoms with Gasteiger partial charge >= 0.3 is 0 Å². The molecule has 0 unspecified atom stereocenters. The molecule has 5 heteroatoms. The molecule has 0 atom stereocenters. The molecular formula is C15H14ClN3S. The van der Waals surface area contributed by atoms with Crippen molar-refractivity contribution >= 4 is 28.6 Å². The van der Waals surface area contributed by atoms with Crippen LogP contribution in [-0.4, -0.2) is 9.78 Å². The number of hydrogen-bond acceptors (Lipinski definition) is 3. The van der Waals surface area contributed by atoms with Crippen LogP contribution in [0.1, 0.15) is 10.4 Å². The molecule has 0 spiro atoms. The van der Waals surface area contributed by atoms with Gasteiger partial charge in [-0.15, -0.1) is 11.3 Å². The van der Waals surface area contributed by atoms with Crippen LogP contribution >= 0.6 is 22.9 Å². The van der Waals surface area contributed by atoms with Crippen molar-refractivity contribution in [2.75, 3.05) is 5.73 Å². The summed E-state index contributed by atoms with van der Waals surface area (Å²) in [5.74, 6) is 0. The molecule has 0 saturated carbocycles. The van der Waals surface area contributed by atoms with Crippen LogP contribution in [0.25, 0.3) is 16.3 Å². The average Bonchev–Trinajstić information content (AvgIpc) is 2.99. The number of thiophene rings is 1. The SMILES string of the molecule is Cc1ccc(-c2nn(-c3ccc(C)c(Cl)c3)cc2N)s1. The highest BCUT2D eigenvalue weighted by atomic mass is 35.5. The number of nitrogens with zero attached hydrogens (tertiary/aromatic N) is 2. The molecule has 0 fully saturated rings. The highest BCUT2D eigenvalue weighted by Gasteiger charge is 2.11. The van der Waals surface area contributed by atoms with E-state index in [2.05, 4.69) is 18.1 Å². The van der Waals surface area contributed by atoms with E-state index in [-0.39, 0.29) is 0 Å². The topological polar surface area (TPSA) is 43.8 Å². The number of anilines is 1. The smallest absolute Gasteiger partial charge is 0.126 e. The third kappa shape index (κ3) is 2.32. The van der Waals surface area contributed by atoms with Crippen LogP contribution in [0.2, 0.25) is 5.02 Å². The highest BCUT2D eigenvalue weighted by Crippen LogP contribution is 2.31. The van der Waals surface area contributed by atoms with Crippen molar-refractivity contribution in [3.8, 4) is 16.3 Å². The Morgan fingerprint density at radius 2 is 2.00 bits per heavy atom. The van der Waals surface area contributed by atoms with Crippen molar-refractivity contribution in [2.24, 2.45) is 0 Å². The number of aryl methyl sites for hydroxylation is 2. The van der Waals surface area contributed by atoms with E-state index in [1.54, 1.807) is 16.0 Å². The quantitative estimate of drug-likeness (QED) is 0.760. The molecule has 102 valence electrons. The number of aromatic nitrogens is 2. The molecule has 0 aliphatic carbocycles. The summed E-state index contributed by atoms with van der Waals surface area (Å²) >= 11 is 7.85. The molecule has 0 aliphatic heterocycles. The average molecular weight is 304 g/mol. The second-order valence-electron chi connectivity index (χ2n) is 4.72. The minimum atomic E-state index is 0.670. The normalized spacial score (nSPS) is 10.9. The number of rotatable bonds is 2. The van der Waals surface area contributed by atoms with Gasteiger partial charge in [0.1, 0.15) is 5.69 Å². The van der Waals surface area contributed by atoms with Crippen LogP contribution in [0.4, 0.5) is 5.69 Å². The zero-order valence-corrected chi connectivity index (χ0v) is 12.8. The van der Waals surface area contributed by atoms with Gasteiger partial charge in [0.2, 0.25) is 0 Å². The van der Waals surface area contributed by atoms with E-state index in [1.165, 1.54) is 4.88 Å². The fourth-order valence-electron chi connectivity index (χ4n) is 2.00. The number of benzene rings is 1. The van der Waals surface area contributed by atoms with Crippen molar-refractivity contribution in [1.82, 2.24) is 9.78 Å². The molecule has 0 amide bonds. The maximum atomic E-state index is 6.16. The molecule has 2 N–H and O–H groups in total. The van der Waals surface area contributed by atoms with Gasteiger partial charge in [0.05, 0.1) is 22.4 Å². The van der Waals surface area contributed by atoms with E-state index in [9.17, 15) is 0 Å². The lowest BCUT2D eigenvalue weighted by Crippen LogP contribution is -1.95. The predicted molar refractivity (Wildman–Crippen MR) is 85.8 cm³/mol. The minimum absolute atomic E-state index is 0.670. The molecule has 1 aromatic carbocycles. The maximum absolute atomic E-state index is 6.16. The lowest BCUT2D eigenvalue weighted by Gasteiger charge is -2.03. The van der Waals surface area contributed by atoms with Crippen molar-refractivity contribution < 1.29 is 0 Å². The molecular weight excluding hydrogens is 290 g/mol. The van der Waals surface area contributed by atoms with Gasteiger partial charge in [-0.2, -0.15) is 5.10 Å². The van der Waals surface area contributed by atoms with Crippen LogP contribution in [0, 0.1) is 13.8 Å². The Morgan fingerprint density at radius 1 is 1.20 bits per heavy atom. The van der Waals surface area contributed by atoms with Crippen molar-refractivity contribution in [1.29, 1.82) is 0 Å². The summed E-state index contributed by atoms with van der Waals surface area (Å²) in [4.78, 5) is 2.32. The van der Waals surface area contributed by atoms with Crippen LogP contribution < -0.4 is 5.73 Å². The summed E-state index contributed by atoms with van der Waals surface area (Å²) in [6.45, 7) is 4.05. The predicted octanol–water partition coefficient (Wildman–Crippen LogP) is 4.45. The largest absolute Gasteiger partial charge is 0.396 e. The maximum Gasteiger partial charge on any atom is 0.126 e. The Morgan fingerprint density at radius 3 is 2.65 bits per heavy atom. The van der Waals surface area contributed by atoms with E-state index in [4.69, 9.17) is 17.3 Å². The lowest BCUT2D eigenvalue weighted by molar-refractivity contribution is 0.885. The van der Waals surface area contributed by atoms with Crippen molar-refractivity contribution in [3.05, 3.63) is 52.0 Å². The molecule has 0 saturated heterocycles. The summed E-state index contributed by atoms with van der Waals surface area (Å²) in [7, 11) is 0. The lowest BCUT2D eigenvalue weighted by atomic mass is 10.2. The Balaban J connectivity index is 2.06. The number of nitrogen functional groups attached to an aromatic ring is 1. The Kier molecular flexibility index (Phi) is 3.28. The molecule has 2 heterocycles. The summed E-state index contributed by atoms with van der Waals surface area (Å²) in [5.41, 5.74) is 9.52. The molecule has 3 rings (SSSR count). The van der Waals surface area contributed by atoms with Crippen LogP contribution in [0.3, 0.4) is 0 Å². The molecule has 0 aliphatic rings. The first-order valence-electron chi connectivity index (χ1n) is 6.23. The van der Waals surface area contributed by atoms with Crippen LogP contribution in [-0.2, 0) is 0 Å². The first-order valence-corrected chi connectivity index (χ1v) is 7.42. The van der Waals surface area contributed by atoms with Gasteiger partial charge < -0.3 is 5.73 Å². The third-order valence-electron chi connectivity index (χ3n) is 3.14. The Labute approximate surface area is 126 Å². The van der Waals surface area contributed by atoms with Gasteiger partial charge in [-0.05, 0) is 43.7 Å². The molecule has 0 bridgehead atoms. The summed E-state index contributed by atoms with van der Waals surface area (Å²) in [6.07, 6.45) is 1.82. The van der Waals surface area contributed by atoms with E-state index in [0.717, 1.165) is 26.8 Å². The first-order chi connectivity index (χ1) is 9.54. The summed E-state index contributed by atoms with van der Waals surface area (Å²) < 4.78 is 1.77. The second-order valence-corrected chi connectivity index (χ2v) is 6.42. The van der Waals surface area contributed by atoms with E-state index in [0.29, 0.717) is 5.69 Å². The van der Waals surface area contributed by atoms with Crippen molar-refractivity contribution in [2.45, 2.75) is 13.8 Å². The molecule has 0 radical (unpaired) electrons. The fourth-order valence-corrected chi connectivity index (χ4v) is 3.05. The summed E-state index contributed by atoms with van der Waals surface area (Å²) in [6, 6.07) is 9.97. The number of nitrogens with two attached hydrogens (primary N) is 1. The van der Waals surface area contributed by atoms with Gasteiger partial charge in [-0.3, -0.25) is 0 Å². The number of halogens is 1. The van der Waals surface area contributed by atoms with Crippen molar-refractivity contribution in [3.63, 3.8) is 0 Å². The Bertz CT molecular complexity index is 773. The zero-order chi connectivity index (χ0) is 14.3. The third-order valence-corrected chi connectivity index (χ3v) is 4.55. The minimum Gasteiger partial charge on any atom is -0.396 e. The first kappa shape index (κ1) is 13.2. The molecule has 3 aromatic rings. The van der Waals surface area contributed by atoms with Crippen LogP contribution in [0.5, 0.6) is 0 Å². The fraction of sp³-hybridized carbons (Fsp3) is 0.133. The van der Waals surface area contributed by atoms with Gasteiger partial charge in [-0.25, -0.2) is 4.68 Å². The van der Waals surface area contributed by atoms with E-state index >= 15 is 0 Å². The molecule has 2 aromatic heterocycles. The number of hydrogen-bond donors (Lipinski definition) is 1. The van der Waals surface area contributed by atoms with Gasteiger partial charge in [-0.1, -0.05) is 17.7 Å². The van der Waals surface area contributed by atoms with E-state index in [1.807, 2.05) is 37.4 Å². The second kappa shape index (κ2) is 4.96. The molecule has 20 heavy (non-hydrogen) atoms. The zero-order valence-electron chi connectivity index (χ0n) is 11.2. The Hall–Kier alpha value is -1.78. The summed E-state index contributed by atoms with van der Waals surface area (Å²) in [5, 5.41) is 5.30. The van der Waals surface area contributed by atoms with Crippen LogP contribution in [0.15, 0.2) is 36.5 Å². The van der Waals surface area contributed by atoms with Gasteiger partial charge in [0.25, 0.3) is 0 Å². The van der Waals surface area contributed by atoms with Gasteiger partial charge in [0.15, 0.2) is 0 Å².